The van der Waals surface area contributed by atoms with E-state index >= 15 is 0 Å². The Hall–Kier alpha value is -0.820. The molecule has 112 valence electrons. The molecule has 1 aromatic carbocycles. The Morgan fingerprint density at radius 2 is 1.45 bits per heavy atom. The van der Waals surface area contributed by atoms with Crippen LogP contribution in [0.3, 0.4) is 0 Å². The predicted molar refractivity (Wildman–Crippen MR) is 88.1 cm³/mol. The lowest BCUT2D eigenvalue weighted by atomic mass is 9.71. The maximum atomic E-state index is 3.63. The fraction of sp³-hybridized carbons (Fsp3) is 0.684. The highest BCUT2D eigenvalue weighted by Crippen LogP contribution is 2.41. The number of aryl methyl sites for hydroxylation is 3. The predicted octanol–water partition coefficient (Wildman–Crippen LogP) is 4.94. The molecule has 3 unspecified atom stereocenters. The molecular weight excluding hydrogens is 242 g/mol. The second-order valence-electron chi connectivity index (χ2n) is 7.26. The van der Waals surface area contributed by atoms with Crippen LogP contribution in [-0.2, 0) is 0 Å². The molecule has 0 spiro atoms. The molecule has 3 atom stereocenters. The Kier molecular flexibility index (Phi) is 4.90. The van der Waals surface area contributed by atoms with Crippen LogP contribution in [0.25, 0.3) is 0 Å². The number of rotatable bonds is 3. The van der Waals surface area contributed by atoms with Gasteiger partial charge in [-0.05, 0) is 81.5 Å². The Balaban J connectivity index is 2.33. The molecule has 1 N–H and O–H groups in total. The van der Waals surface area contributed by atoms with Gasteiger partial charge in [0, 0.05) is 6.04 Å². The van der Waals surface area contributed by atoms with Crippen molar-refractivity contribution in [1.82, 2.24) is 5.32 Å². The molecule has 1 aliphatic rings. The molecule has 1 nitrogen and oxygen atoms in total. The zero-order valence-electron chi connectivity index (χ0n) is 14.1. The van der Waals surface area contributed by atoms with Crippen LogP contribution in [0.1, 0.15) is 61.4 Å². The third-order valence-electron chi connectivity index (χ3n) is 5.05. The molecule has 20 heavy (non-hydrogen) atoms. The molecule has 1 heteroatoms. The van der Waals surface area contributed by atoms with E-state index < -0.39 is 0 Å². The van der Waals surface area contributed by atoms with Crippen LogP contribution < -0.4 is 5.32 Å². The normalized spacial score (nSPS) is 28.4. The van der Waals surface area contributed by atoms with Crippen molar-refractivity contribution in [2.45, 2.75) is 59.9 Å². The minimum atomic E-state index is 0.515. The lowest BCUT2D eigenvalue weighted by Crippen LogP contribution is -2.32. The number of hydrogen-bond donors (Lipinski definition) is 1. The summed E-state index contributed by atoms with van der Waals surface area (Å²) >= 11 is 0. The molecule has 1 aromatic rings. The van der Waals surface area contributed by atoms with Crippen LogP contribution in [0, 0.1) is 38.5 Å². The summed E-state index contributed by atoms with van der Waals surface area (Å²) in [6.45, 7) is 11.6. The standard InChI is InChI=1S/C19H31N/c1-12-7-13(2)11-17(10-12)19(20-6)18-15(4)8-14(3)9-16(18)5/h8-9,12-13,17,19-20H,7,10-11H2,1-6H3. The van der Waals surface area contributed by atoms with Gasteiger partial charge >= 0.3 is 0 Å². The fourth-order valence-electron chi connectivity index (χ4n) is 4.58. The van der Waals surface area contributed by atoms with Crippen molar-refractivity contribution < 1.29 is 0 Å². The molecule has 0 radical (unpaired) electrons. The zero-order chi connectivity index (χ0) is 14.9. The number of hydrogen-bond acceptors (Lipinski definition) is 1. The monoisotopic (exact) mass is 273 g/mol. The summed E-state index contributed by atoms with van der Waals surface area (Å²) in [4.78, 5) is 0. The Bertz CT molecular complexity index is 430. The van der Waals surface area contributed by atoms with Gasteiger partial charge in [-0.15, -0.1) is 0 Å². The van der Waals surface area contributed by atoms with Gasteiger partial charge in [0.05, 0.1) is 0 Å². The van der Waals surface area contributed by atoms with Crippen molar-refractivity contribution in [1.29, 1.82) is 0 Å². The molecule has 0 heterocycles. The van der Waals surface area contributed by atoms with Gasteiger partial charge in [-0.1, -0.05) is 31.5 Å². The van der Waals surface area contributed by atoms with Gasteiger partial charge in [-0.2, -0.15) is 0 Å². The SMILES string of the molecule is CNC(c1c(C)cc(C)cc1C)C1CC(C)CC(C)C1. The lowest BCUT2D eigenvalue weighted by molar-refractivity contribution is 0.180. The summed E-state index contributed by atoms with van der Waals surface area (Å²) in [5.41, 5.74) is 5.83. The van der Waals surface area contributed by atoms with Crippen LogP contribution >= 0.6 is 0 Å². The van der Waals surface area contributed by atoms with Crippen molar-refractivity contribution in [3.63, 3.8) is 0 Å². The van der Waals surface area contributed by atoms with E-state index in [9.17, 15) is 0 Å². The van der Waals surface area contributed by atoms with E-state index in [1.165, 1.54) is 36.0 Å². The molecule has 2 rings (SSSR count). The molecule has 1 aliphatic carbocycles. The third-order valence-corrected chi connectivity index (χ3v) is 5.05. The molecule has 0 aromatic heterocycles. The largest absolute Gasteiger partial charge is 0.313 e. The minimum Gasteiger partial charge on any atom is -0.313 e. The average molecular weight is 273 g/mol. The van der Waals surface area contributed by atoms with E-state index in [1.54, 1.807) is 5.56 Å². The van der Waals surface area contributed by atoms with Gasteiger partial charge in [0.1, 0.15) is 0 Å². The smallest absolute Gasteiger partial charge is 0.0351 e. The van der Waals surface area contributed by atoms with Crippen LogP contribution in [0.2, 0.25) is 0 Å². The first-order valence-electron chi connectivity index (χ1n) is 8.17. The first-order valence-corrected chi connectivity index (χ1v) is 8.17. The van der Waals surface area contributed by atoms with Crippen molar-refractivity contribution >= 4 is 0 Å². The van der Waals surface area contributed by atoms with E-state index in [-0.39, 0.29) is 0 Å². The van der Waals surface area contributed by atoms with Crippen LogP contribution in [0.5, 0.6) is 0 Å². The van der Waals surface area contributed by atoms with Crippen LogP contribution in [0.4, 0.5) is 0 Å². The molecule has 0 aliphatic heterocycles. The maximum Gasteiger partial charge on any atom is 0.0351 e. The number of nitrogens with one attached hydrogen (secondary N) is 1. The van der Waals surface area contributed by atoms with Gasteiger partial charge in [-0.3, -0.25) is 0 Å². The maximum absolute atomic E-state index is 3.63. The summed E-state index contributed by atoms with van der Waals surface area (Å²) < 4.78 is 0. The minimum absolute atomic E-state index is 0.515. The number of benzene rings is 1. The van der Waals surface area contributed by atoms with Gasteiger partial charge in [0.2, 0.25) is 0 Å². The van der Waals surface area contributed by atoms with Crippen molar-refractivity contribution in [2.24, 2.45) is 17.8 Å². The summed E-state index contributed by atoms with van der Waals surface area (Å²) in [6, 6.07) is 5.19. The van der Waals surface area contributed by atoms with E-state index in [1.807, 2.05) is 0 Å². The van der Waals surface area contributed by atoms with Crippen molar-refractivity contribution in [3.8, 4) is 0 Å². The van der Waals surface area contributed by atoms with Crippen LogP contribution in [-0.4, -0.2) is 7.05 Å². The quantitative estimate of drug-likeness (QED) is 0.822. The van der Waals surface area contributed by atoms with Crippen molar-refractivity contribution in [2.75, 3.05) is 7.05 Å². The van der Waals surface area contributed by atoms with Crippen LogP contribution in [0.15, 0.2) is 12.1 Å². The summed E-state index contributed by atoms with van der Waals surface area (Å²) in [5, 5.41) is 3.63. The molecule has 0 bridgehead atoms. The Morgan fingerprint density at radius 1 is 0.950 bits per heavy atom. The molecular formula is C19H31N. The van der Waals surface area contributed by atoms with E-state index in [0.717, 1.165) is 17.8 Å². The fourth-order valence-corrected chi connectivity index (χ4v) is 4.58. The molecule has 0 amide bonds. The van der Waals surface area contributed by atoms with Gasteiger partial charge < -0.3 is 5.32 Å². The Morgan fingerprint density at radius 3 is 1.90 bits per heavy atom. The highest BCUT2D eigenvalue weighted by molar-refractivity contribution is 5.40. The first kappa shape index (κ1) is 15.6. The summed E-state index contributed by atoms with van der Waals surface area (Å²) in [7, 11) is 2.13. The lowest BCUT2D eigenvalue weighted by Gasteiger charge is -2.38. The van der Waals surface area contributed by atoms with Crippen molar-refractivity contribution in [3.05, 3.63) is 34.4 Å². The van der Waals surface area contributed by atoms with E-state index in [2.05, 4.69) is 59.1 Å². The first-order chi connectivity index (χ1) is 9.42. The molecule has 1 fully saturated rings. The summed E-state index contributed by atoms with van der Waals surface area (Å²) in [6.07, 6.45) is 4.13. The van der Waals surface area contributed by atoms with Gasteiger partial charge in [-0.25, -0.2) is 0 Å². The second-order valence-corrected chi connectivity index (χ2v) is 7.26. The highest BCUT2D eigenvalue weighted by Gasteiger charge is 2.31. The van der Waals surface area contributed by atoms with E-state index in [4.69, 9.17) is 0 Å². The summed E-state index contributed by atoms with van der Waals surface area (Å²) in [5.74, 6) is 2.51. The van der Waals surface area contributed by atoms with E-state index in [0.29, 0.717) is 6.04 Å². The average Bonchev–Trinajstić information content (AvgIpc) is 2.32. The Labute approximate surface area is 125 Å². The zero-order valence-corrected chi connectivity index (χ0v) is 14.1. The van der Waals surface area contributed by atoms with Gasteiger partial charge in [0.15, 0.2) is 0 Å². The second kappa shape index (κ2) is 6.30. The topological polar surface area (TPSA) is 12.0 Å². The molecule has 1 saturated carbocycles. The van der Waals surface area contributed by atoms with Gasteiger partial charge in [0.25, 0.3) is 0 Å². The highest BCUT2D eigenvalue weighted by atomic mass is 14.9. The third kappa shape index (κ3) is 3.25. The molecule has 0 saturated heterocycles.